The molecule has 0 radical (unpaired) electrons. The smallest absolute Gasteiger partial charge is 0.246 e. The lowest BCUT2D eigenvalue weighted by atomic mass is 10.1. The van der Waals surface area contributed by atoms with Crippen LogP contribution in [0.25, 0.3) is 0 Å². The van der Waals surface area contributed by atoms with Gasteiger partial charge in [-0.05, 0) is 43.2 Å². The highest BCUT2D eigenvalue weighted by molar-refractivity contribution is 7.89. The monoisotopic (exact) mass is 373 g/mol. The Morgan fingerprint density at radius 3 is 2.65 bits per heavy atom. The molecule has 0 aromatic heterocycles. The molecule has 1 heterocycles. The summed E-state index contributed by atoms with van der Waals surface area (Å²) in [5.74, 6) is -0.0386. The molecule has 0 saturated carbocycles. The molecule has 1 amide bonds. The minimum atomic E-state index is -3.50. The van der Waals surface area contributed by atoms with Crippen LogP contribution in [0.5, 0.6) is 0 Å². The summed E-state index contributed by atoms with van der Waals surface area (Å²) >= 11 is 0. The van der Waals surface area contributed by atoms with Crippen molar-refractivity contribution in [2.45, 2.75) is 24.3 Å². The summed E-state index contributed by atoms with van der Waals surface area (Å²) in [7, 11) is -0.522. The van der Waals surface area contributed by atoms with Crippen molar-refractivity contribution < 1.29 is 13.2 Å². The summed E-state index contributed by atoms with van der Waals surface area (Å²) in [6.45, 7) is 2.13. The van der Waals surface area contributed by atoms with E-state index < -0.39 is 10.0 Å². The first kappa shape index (κ1) is 18.4. The molecule has 1 aliphatic rings. The summed E-state index contributed by atoms with van der Waals surface area (Å²) in [5.41, 5.74) is 2.73. The minimum absolute atomic E-state index is 0.0386. The van der Waals surface area contributed by atoms with E-state index in [0.29, 0.717) is 5.69 Å². The van der Waals surface area contributed by atoms with E-state index in [4.69, 9.17) is 0 Å². The first-order chi connectivity index (χ1) is 12.3. The molecule has 138 valence electrons. The Balaban J connectivity index is 1.73. The van der Waals surface area contributed by atoms with Gasteiger partial charge in [-0.1, -0.05) is 24.3 Å². The van der Waals surface area contributed by atoms with Crippen molar-refractivity contribution in [3.63, 3.8) is 0 Å². The number of carbonyl (C=O) groups is 1. The SMILES string of the molecule is C[C@@H]1Cc2ccccc2N1C(=O)CNc1cccc(S(=O)(=O)N(C)C)c1. The molecule has 2 aromatic carbocycles. The van der Waals surface area contributed by atoms with E-state index in [1.54, 1.807) is 24.3 Å². The standard InChI is InChI=1S/C19H23N3O3S/c1-14-11-15-7-4-5-10-18(15)22(14)19(23)13-20-16-8-6-9-17(12-16)26(24,25)21(2)3/h4-10,12,14,20H,11,13H2,1-3H3/t14-/m1/s1. The molecule has 3 rings (SSSR count). The average molecular weight is 373 g/mol. The van der Waals surface area contributed by atoms with Crippen molar-refractivity contribution in [1.29, 1.82) is 0 Å². The fraction of sp³-hybridized carbons (Fsp3) is 0.316. The molecule has 1 atom stereocenters. The van der Waals surface area contributed by atoms with E-state index in [0.717, 1.165) is 12.1 Å². The maximum absolute atomic E-state index is 12.7. The number of hydrogen-bond acceptors (Lipinski definition) is 4. The van der Waals surface area contributed by atoms with Crippen molar-refractivity contribution in [3.05, 3.63) is 54.1 Å². The molecular weight excluding hydrogens is 350 g/mol. The molecule has 1 N–H and O–H groups in total. The topological polar surface area (TPSA) is 69.7 Å². The summed E-state index contributed by atoms with van der Waals surface area (Å²) in [6.07, 6.45) is 0.846. The van der Waals surface area contributed by atoms with Crippen LogP contribution in [0, 0.1) is 0 Å². The van der Waals surface area contributed by atoms with Gasteiger partial charge in [0.05, 0.1) is 11.4 Å². The van der Waals surface area contributed by atoms with Gasteiger partial charge in [-0.25, -0.2) is 12.7 Å². The van der Waals surface area contributed by atoms with Crippen molar-refractivity contribution in [2.75, 3.05) is 30.9 Å². The molecule has 6 nitrogen and oxygen atoms in total. The lowest BCUT2D eigenvalue weighted by Crippen LogP contribution is -2.39. The summed E-state index contributed by atoms with van der Waals surface area (Å²) in [4.78, 5) is 14.7. The number of nitrogens with one attached hydrogen (secondary N) is 1. The van der Waals surface area contributed by atoms with Crippen molar-refractivity contribution in [1.82, 2.24) is 4.31 Å². The van der Waals surface area contributed by atoms with Gasteiger partial charge in [0, 0.05) is 31.5 Å². The predicted octanol–water partition coefficient (Wildman–Crippen LogP) is 2.33. The molecule has 0 bridgehead atoms. The Bertz CT molecular complexity index is 925. The van der Waals surface area contributed by atoms with Crippen LogP contribution in [-0.2, 0) is 21.2 Å². The number of para-hydroxylation sites is 1. The van der Waals surface area contributed by atoms with Gasteiger partial charge >= 0.3 is 0 Å². The normalized spacial score (nSPS) is 16.6. The van der Waals surface area contributed by atoms with Crippen LogP contribution >= 0.6 is 0 Å². The van der Waals surface area contributed by atoms with Gasteiger partial charge in [0.25, 0.3) is 0 Å². The van der Waals surface area contributed by atoms with Crippen molar-refractivity contribution >= 4 is 27.3 Å². The van der Waals surface area contributed by atoms with Gasteiger partial charge in [0.1, 0.15) is 0 Å². The highest BCUT2D eigenvalue weighted by Gasteiger charge is 2.30. The maximum Gasteiger partial charge on any atom is 0.246 e. The van der Waals surface area contributed by atoms with Crippen molar-refractivity contribution in [3.8, 4) is 0 Å². The first-order valence-corrected chi connectivity index (χ1v) is 9.91. The van der Waals surface area contributed by atoms with Crippen LogP contribution < -0.4 is 10.2 Å². The molecule has 1 aliphatic heterocycles. The second-order valence-corrected chi connectivity index (χ2v) is 8.77. The molecular formula is C19H23N3O3S. The fourth-order valence-corrected chi connectivity index (χ4v) is 4.13. The molecule has 0 spiro atoms. The molecule has 0 fully saturated rings. The molecule has 2 aromatic rings. The summed E-state index contributed by atoms with van der Waals surface area (Å²) in [5, 5.41) is 3.05. The number of nitrogens with zero attached hydrogens (tertiary/aromatic N) is 2. The number of carbonyl (C=O) groups excluding carboxylic acids is 1. The molecule has 0 saturated heterocycles. The Morgan fingerprint density at radius 2 is 1.92 bits per heavy atom. The zero-order valence-corrected chi connectivity index (χ0v) is 16.0. The number of sulfonamides is 1. The highest BCUT2D eigenvalue weighted by Crippen LogP contribution is 2.31. The third-order valence-electron chi connectivity index (χ3n) is 4.53. The van der Waals surface area contributed by atoms with Crippen LogP contribution in [0.15, 0.2) is 53.4 Å². The minimum Gasteiger partial charge on any atom is -0.376 e. The van der Waals surface area contributed by atoms with Crippen molar-refractivity contribution in [2.24, 2.45) is 0 Å². The van der Waals surface area contributed by atoms with Crippen LogP contribution in [0.4, 0.5) is 11.4 Å². The number of anilines is 2. The molecule has 26 heavy (non-hydrogen) atoms. The third kappa shape index (κ3) is 3.45. The Morgan fingerprint density at radius 1 is 1.19 bits per heavy atom. The first-order valence-electron chi connectivity index (χ1n) is 8.47. The van der Waals surface area contributed by atoms with Gasteiger partial charge in [-0.15, -0.1) is 0 Å². The number of amides is 1. The zero-order chi connectivity index (χ0) is 18.9. The van der Waals surface area contributed by atoms with E-state index in [2.05, 4.69) is 5.32 Å². The van der Waals surface area contributed by atoms with E-state index in [1.165, 1.54) is 24.0 Å². The largest absolute Gasteiger partial charge is 0.376 e. The second-order valence-electron chi connectivity index (χ2n) is 6.61. The predicted molar refractivity (Wildman–Crippen MR) is 103 cm³/mol. The number of benzene rings is 2. The van der Waals surface area contributed by atoms with Crippen LogP contribution in [0.2, 0.25) is 0 Å². The van der Waals surface area contributed by atoms with Gasteiger partial charge in [0.15, 0.2) is 0 Å². The van der Waals surface area contributed by atoms with Gasteiger partial charge in [-0.3, -0.25) is 4.79 Å². The van der Waals surface area contributed by atoms with Gasteiger partial charge in [-0.2, -0.15) is 0 Å². The molecule has 0 aliphatic carbocycles. The van der Waals surface area contributed by atoms with Crippen LogP contribution in [0.3, 0.4) is 0 Å². The highest BCUT2D eigenvalue weighted by atomic mass is 32.2. The zero-order valence-electron chi connectivity index (χ0n) is 15.1. The Kier molecular flexibility index (Phi) is 5.02. The lowest BCUT2D eigenvalue weighted by Gasteiger charge is -2.23. The fourth-order valence-electron chi connectivity index (χ4n) is 3.19. The third-order valence-corrected chi connectivity index (χ3v) is 6.34. The summed E-state index contributed by atoms with van der Waals surface area (Å²) in [6, 6.07) is 14.5. The van der Waals surface area contributed by atoms with E-state index >= 15 is 0 Å². The van der Waals surface area contributed by atoms with Gasteiger partial charge in [0.2, 0.25) is 15.9 Å². The lowest BCUT2D eigenvalue weighted by molar-refractivity contribution is -0.117. The summed E-state index contributed by atoms with van der Waals surface area (Å²) < 4.78 is 25.6. The number of fused-ring (bicyclic) bond motifs is 1. The quantitative estimate of drug-likeness (QED) is 0.873. The maximum atomic E-state index is 12.7. The molecule has 7 heteroatoms. The van der Waals surface area contributed by atoms with Gasteiger partial charge < -0.3 is 10.2 Å². The molecule has 0 unspecified atom stereocenters. The van der Waals surface area contributed by atoms with Crippen LogP contribution in [0.1, 0.15) is 12.5 Å². The van der Waals surface area contributed by atoms with E-state index in [1.807, 2.05) is 36.1 Å². The number of hydrogen-bond donors (Lipinski definition) is 1. The Hall–Kier alpha value is -2.38. The Labute approximate surface area is 154 Å². The van der Waals surface area contributed by atoms with Crippen LogP contribution in [-0.4, -0.2) is 45.3 Å². The second kappa shape index (κ2) is 7.09. The van der Waals surface area contributed by atoms with E-state index in [9.17, 15) is 13.2 Å². The average Bonchev–Trinajstić information content (AvgIpc) is 2.95. The van der Waals surface area contributed by atoms with E-state index in [-0.39, 0.29) is 23.4 Å². The number of rotatable bonds is 5.